The van der Waals surface area contributed by atoms with Crippen molar-refractivity contribution in [3.05, 3.63) is 29.6 Å². The zero-order chi connectivity index (χ0) is 13.6. The molecular formula is C12H9ClF4O. The number of alkyl halides is 4. The van der Waals surface area contributed by atoms with Gasteiger partial charge >= 0.3 is 6.18 Å². The molecule has 0 amide bonds. The lowest BCUT2D eigenvalue weighted by Crippen LogP contribution is -2.13. The van der Waals surface area contributed by atoms with Crippen molar-refractivity contribution < 1.29 is 22.3 Å². The molecule has 0 spiro atoms. The standard InChI is InChI=1S/C12H9ClF4O/c13-6-1-2-9-8-10(14)3-4-11(9)18-7-5-12(15,16)17/h3-4,8H,5-7H2. The van der Waals surface area contributed by atoms with Crippen molar-refractivity contribution in [1.82, 2.24) is 0 Å². The van der Waals surface area contributed by atoms with E-state index in [-0.39, 0.29) is 17.2 Å². The Labute approximate surface area is 107 Å². The first-order valence-corrected chi connectivity index (χ1v) is 5.50. The topological polar surface area (TPSA) is 9.23 Å². The lowest BCUT2D eigenvalue weighted by molar-refractivity contribution is -0.139. The van der Waals surface area contributed by atoms with Crippen LogP contribution in [0, 0.1) is 17.7 Å². The molecule has 0 saturated carbocycles. The van der Waals surface area contributed by atoms with E-state index in [4.69, 9.17) is 16.3 Å². The van der Waals surface area contributed by atoms with Crippen molar-refractivity contribution in [2.45, 2.75) is 12.6 Å². The molecule has 18 heavy (non-hydrogen) atoms. The number of hydrogen-bond acceptors (Lipinski definition) is 1. The predicted octanol–water partition coefficient (Wildman–Crippen LogP) is 3.75. The van der Waals surface area contributed by atoms with Crippen molar-refractivity contribution in [3.63, 3.8) is 0 Å². The highest BCUT2D eigenvalue weighted by Gasteiger charge is 2.26. The van der Waals surface area contributed by atoms with E-state index in [0.29, 0.717) is 0 Å². The molecule has 6 heteroatoms. The molecular weight excluding hydrogens is 272 g/mol. The maximum atomic E-state index is 12.9. The molecule has 1 nitrogen and oxygen atoms in total. The summed E-state index contributed by atoms with van der Waals surface area (Å²) in [4.78, 5) is 0. The van der Waals surface area contributed by atoms with Gasteiger partial charge < -0.3 is 4.74 Å². The van der Waals surface area contributed by atoms with Crippen molar-refractivity contribution in [3.8, 4) is 17.6 Å². The molecule has 0 aliphatic carbocycles. The van der Waals surface area contributed by atoms with Crippen LogP contribution in [-0.2, 0) is 0 Å². The molecule has 0 N–H and O–H groups in total. The summed E-state index contributed by atoms with van der Waals surface area (Å²) >= 11 is 5.35. The Morgan fingerprint density at radius 3 is 2.61 bits per heavy atom. The van der Waals surface area contributed by atoms with Gasteiger partial charge in [0, 0.05) is 0 Å². The third-order valence-corrected chi connectivity index (χ3v) is 2.01. The predicted molar refractivity (Wildman–Crippen MR) is 60.2 cm³/mol. The smallest absolute Gasteiger partial charge is 0.392 e. The van der Waals surface area contributed by atoms with Crippen molar-refractivity contribution in [2.75, 3.05) is 12.5 Å². The van der Waals surface area contributed by atoms with Gasteiger partial charge in [0.15, 0.2) is 0 Å². The third-order valence-electron chi connectivity index (χ3n) is 1.87. The first-order chi connectivity index (χ1) is 8.42. The number of halogens is 5. The van der Waals surface area contributed by atoms with E-state index in [1.807, 2.05) is 0 Å². The normalized spacial score (nSPS) is 10.7. The molecule has 0 bridgehead atoms. The summed E-state index contributed by atoms with van der Waals surface area (Å²) in [6, 6.07) is 3.42. The summed E-state index contributed by atoms with van der Waals surface area (Å²) in [6.45, 7) is -0.537. The van der Waals surface area contributed by atoms with Gasteiger partial charge in [-0.1, -0.05) is 11.8 Å². The van der Waals surface area contributed by atoms with Crippen LogP contribution in [0.5, 0.6) is 5.75 Å². The van der Waals surface area contributed by atoms with E-state index in [1.165, 1.54) is 6.07 Å². The van der Waals surface area contributed by atoms with Crippen LogP contribution in [0.15, 0.2) is 18.2 Å². The van der Waals surface area contributed by atoms with Crippen LogP contribution in [0.4, 0.5) is 17.6 Å². The molecule has 98 valence electrons. The summed E-state index contributed by atoms with van der Waals surface area (Å²) in [5.74, 6) is 4.61. The Morgan fingerprint density at radius 2 is 2.00 bits per heavy atom. The zero-order valence-electron chi connectivity index (χ0n) is 9.15. The van der Waals surface area contributed by atoms with Gasteiger partial charge in [-0.2, -0.15) is 13.2 Å². The van der Waals surface area contributed by atoms with Crippen LogP contribution >= 0.6 is 11.6 Å². The summed E-state index contributed by atoms with van der Waals surface area (Å²) in [5, 5.41) is 0. The first-order valence-electron chi connectivity index (χ1n) is 4.96. The SMILES string of the molecule is Fc1ccc(OCCC(F)(F)F)c(C#CCCl)c1. The van der Waals surface area contributed by atoms with Crippen LogP contribution in [0.1, 0.15) is 12.0 Å². The molecule has 0 saturated heterocycles. The molecule has 0 heterocycles. The van der Waals surface area contributed by atoms with E-state index < -0.39 is 25.0 Å². The van der Waals surface area contributed by atoms with E-state index in [2.05, 4.69) is 11.8 Å². The van der Waals surface area contributed by atoms with Gasteiger partial charge in [0.2, 0.25) is 0 Å². The van der Waals surface area contributed by atoms with Crippen LogP contribution in [0.3, 0.4) is 0 Å². The van der Waals surface area contributed by atoms with Crippen LogP contribution in [-0.4, -0.2) is 18.7 Å². The fraction of sp³-hybridized carbons (Fsp3) is 0.333. The fourth-order valence-electron chi connectivity index (χ4n) is 1.13. The Balaban J connectivity index is 2.75. The molecule has 0 aliphatic rings. The third kappa shape index (κ3) is 5.28. The van der Waals surface area contributed by atoms with E-state index in [1.54, 1.807) is 0 Å². The zero-order valence-corrected chi connectivity index (χ0v) is 9.91. The van der Waals surface area contributed by atoms with Gasteiger partial charge in [0.1, 0.15) is 11.6 Å². The second-order valence-electron chi connectivity index (χ2n) is 3.29. The molecule has 1 aromatic carbocycles. The van der Waals surface area contributed by atoms with E-state index in [9.17, 15) is 17.6 Å². The minimum Gasteiger partial charge on any atom is -0.492 e. The summed E-state index contributed by atoms with van der Waals surface area (Å²) in [6.07, 6.45) is -5.37. The summed E-state index contributed by atoms with van der Waals surface area (Å²) in [7, 11) is 0. The highest BCUT2D eigenvalue weighted by Crippen LogP contribution is 2.22. The highest BCUT2D eigenvalue weighted by molar-refractivity contribution is 6.19. The van der Waals surface area contributed by atoms with Crippen molar-refractivity contribution in [1.29, 1.82) is 0 Å². The molecule has 0 fully saturated rings. The number of benzene rings is 1. The molecule has 0 radical (unpaired) electrons. The molecule has 1 rings (SSSR count). The van der Waals surface area contributed by atoms with E-state index >= 15 is 0 Å². The number of rotatable bonds is 3. The largest absolute Gasteiger partial charge is 0.492 e. The van der Waals surface area contributed by atoms with Gasteiger partial charge in [-0.25, -0.2) is 4.39 Å². The molecule has 0 unspecified atom stereocenters. The first kappa shape index (κ1) is 14.7. The quantitative estimate of drug-likeness (QED) is 0.465. The maximum Gasteiger partial charge on any atom is 0.392 e. The molecule has 0 aliphatic heterocycles. The summed E-state index contributed by atoms with van der Waals surface area (Å²) in [5.41, 5.74) is 0.179. The van der Waals surface area contributed by atoms with Gasteiger partial charge in [0.05, 0.1) is 24.5 Å². The Morgan fingerprint density at radius 1 is 1.28 bits per heavy atom. The van der Waals surface area contributed by atoms with Crippen LogP contribution in [0.25, 0.3) is 0 Å². The summed E-state index contributed by atoms with van der Waals surface area (Å²) < 4.78 is 53.7. The second kappa shape index (κ2) is 6.50. The van der Waals surface area contributed by atoms with Gasteiger partial charge in [0.25, 0.3) is 0 Å². The minimum absolute atomic E-state index is 0.0402. The lowest BCUT2D eigenvalue weighted by atomic mass is 10.2. The van der Waals surface area contributed by atoms with Gasteiger partial charge in [-0.05, 0) is 18.2 Å². The minimum atomic E-state index is -4.29. The Bertz CT molecular complexity index is 459. The second-order valence-corrected chi connectivity index (χ2v) is 3.56. The van der Waals surface area contributed by atoms with Crippen LogP contribution < -0.4 is 4.74 Å². The average Bonchev–Trinajstić information content (AvgIpc) is 2.27. The molecule has 0 aromatic heterocycles. The molecule has 0 atom stereocenters. The van der Waals surface area contributed by atoms with Gasteiger partial charge in [-0.15, -0.1) is 11.6 Å². The maximum absolute atomic E-state index is 12.9. The van der Waals surface area contributed by atoms with Crippen LogP contribution in [0.2, 0.25) is 0 Å². The average molecular weight is 281 g/mol. The van der Waals surface area contributed by atoms with E-state index in [0.717, 1.165) is 12.1 Å². The lowest BCUT2D eigenvalue weighted by Gasteiger charge is -2.10. The van der Waals surface area contributed by atoms with Crippen molar-refractivity contribution in [2.24, 2.45) is 0 Å². The number of hydrogen-bond donors (Lipinski definition) is 0. The Kier molecular flexibility index (Phi) is 5.29. The number of ether oxygens (including phenoxy) is 1. The Hall–Kier alpha value is -1.41. The molecule has 1 aromatic rings. The fourth-order valence-corrected chi connectivity index (χ4v) is 1.20. The monoisotopic (exact) mass is 280 g/mol. The van der Waals surface area contributed by atoms with Gasteiger partial charge in [-0.3, -0.25) is 0 Å². The highest BCUT2D eigenvalue weighted by atomic mass is 35.5. The van der Waals surface area contributed by atoms with Crippen molar-refractivity contribution >= 4 is 11.6 Å².